The number of rotatable bonds is 5. The summed E-state index contributed by atoms with van der Waals surface area (Å²) >= 11 is 12.0. The Labute approximate surface area is 171 Å². The molecule has 0 saturated carbocycles. The third-order valence-electron chi connectivity index (χ3n) is 3.76. The maximum atomic E-state index is 6.07. The van der Waals surface area contributed by atoms with Crippen LogP contribution >= 0.6 is 47.2 Å². The Morgan fingerprint density at radius 2 is 2.12 bits per heavy atom. The smallest absolute Gasteiger partial charge is 0.193 e. The molecule has 7 heteroatoms. The summed E-state index contributed by atoms with van der Waals surface area (Å²) in [5.41, 5.74) is 2.54. The molecule has 4 nitrogen and oxygen atoms in total. The number of benzene rings is 1. The molecule has 1 N–H and O–H groups in total. The first kappa shape index (κ1) is 21.5. The van der Waals surface area contributed by atoms with E-state index in [-0.39, 0.29) is 24.0 Å². The molecule has 1 aromatic carbocycles. The zero-order valence-electron chi connectivity index (χ0n) is 14.0. The molecule has 1 heterocycles. The monoisotopic (exact) mass is 483 g/mol. The Bertz CT molecular complexity index is 593. The van der Waals surface area contributed by atoms with Crippen LogP contribution in [-0.2, 0) is 11.3 Å². The van der Waals surface area contributed by atoms with Crippen molar-refractivity contribution < 1.29 is 4.74 Å². The van der Waals surface area contributed by atoms with Gasteiger partial charge in [-0.05, 0) is 30.5 Å². The number of hydrogen-bond donors (Lipinski definition) is 1. The van der Waals surface area contributed by atoms with Crippen molar-refractivity contribution in [2.24, 2.45) is 4.99 Å². The molecule has 24 heavy (non-hydrogen) atoms. The highest BCUT2D eigenvalue weighted by molar-refractivity contribution is 14.0. The molecule has 0 atom stereocenters. The number of aliphatic imine (C=N–C) groups is 1. The van der Waals surface area contributed by atoms with Gasteiger partial charge in [0.2, 0.25) is 0 Å². The summed E-state index contributed by atoms with van der Waals surface area (Å²) in [7, 11) is 3.80. The molecule has 0 radical (unpaired) electrons. The lowest BCUT2D eigenvalue weighted by Crippen LogP contribution is -2.39. The van der Waals surface area contributed by atoms with Gasteiger partial charge in [0.25, 0.3) is 0 Å². The van der Waals surface area contributed by atoms with Crippen molar-refractivity contribution in [3.8, 4) is 0 Å². The van der Waals surface area contributed by atoms with E-state index < -0.39 is 0 Å². The van der Waals surface area contributed by atoms with Crippen molar-refractivity contribution in [3.05, 3.63) is 45.5 Å². The summed E-state index contributed by atoms with van der Waals surface area (Å²) in [5, 5.41) is 4.55. The third-order valence-corrected chi connectivity index (χ3v) is 4.50. The summed E-state index contributed by atoms with van der Waals surface area (Å²) in [6, 6.07) is 5.69. The van der Waals surface area contributed by atoms with E-state index in [9.17, 15) is 0 Å². The number of nitrogens with one attached hydrogen (secondary N) is 1. The van der Waals surface area contributed by atoms with Crippen molar-refractivity contribution in [1.82, 2.24) is 10.2 Å². The van der Waals surface area contributed by atoms with Crippen LogP contribution in [0.15, 0.2) is 34.8 Å². The average Bonchev–Trinajstić information content (AvgIpc) is 2.56. The van der Waals surface area contributed by atoms with Crippen LogP contribution in [0, 0.1) is 0 Å². The number of guanidine groups is 1. The normalized spacial score (nSPS) is 14.7. The van der Waals surface area contributed by atoms with Gasteiger partial charge >= 0.3 is 0 Å². The summed E-state index contributed by atoms with van der Waals surface area (Å²) in [5.74, 6) is 0.865. The summed E-state index contributed by atoms with van der Waals surface area (Å²) in [6.45, 7) is 3.15. The van der Waals surface area contributed by atoms with E-state index in [1.165, 1.54) is 5.57 Å². The molecule has 1 aliphatic heterocycles. The van der Waals surface area contributed by atoms with E-state index in [4.69, 9.17) is 27.9 Å². The van der Waals surface area contributed by atoms with E-state index in [1.54, 1.807) is 7.05 Å². The summed E-state index contributed by atoms with van der Waals surface area (Å²) in [4.78, 5) is 6.40. The maximum absolute atomic E-state index is 6.07. The van der Waals surface area contributed by atoms with E-state index in [0.29, 0.717) is 16.6 Å². The molecule has 0 spiro atoms. The highest BCUT2D eigenvalue weighted by Crippen LogP contribution is 2.23. The lowest BCUT2D eigenvalue weighted by Gasteiger charge is -2.23. The van der Waals surface area contributed by atoms with Gasteiger partial charge in [-0.1, -0.05) is 40.9 Å². The van der Waals surface area contributed by atoms with Crippen molar-refractivity contribution in [2.45, 2.75) is 19.4 Å². The third kappa shape index (κ3) is 6.78. The van der Waals surface area contributed by atoms with E-state index >= 15 is 0 Å². The Morgan fingerprint density at radius 3 is 2.75 bits per heavy atom. The predicted octanol–water partition coefficient (Wildman–Crippen LogP) is 4.36. The second-order valence-electron chi connectivity index (χ2n) is 5.52. The highest BCUT2D eigenvalue weighted by Gasteiger charge is 2.09. The van der Waals surface area contributed by atoms with Gasteiger partial charge in [0.05, 0.1) is 23.3 Å². The van der Waals surface area contributed by atoms with Crippen molar-refractivity contribution in [3.63, 3.8) is 0 Å². The Balaban J connectivity index is 0.00000288. The first-order valence-corrected chi connectivity index (χ1v) is 8.47. The molecule has 0 unspecified atom stereocenters. The Morgan fingerprint density at radius 1 is 1.33 bits per heavy atom. The van der Waals surface area contributed by atoms with Crippen LogP contribution in [0.5, 0.6) is 0 Å². The van der Waals surface area contributed by atoms with Crippen LogP contribution in [0.2, 0.25) is 10.0 Å². The van der Waals surface area contributed by atoms with Crippen LogP contribution in [0.1, 0.15) is 18.4 Å². The minimum absolute atomic E-state index is 0. The maximum Gasteiger partial charge on any atom is 0.193 e. The van der Waals surface area contributed by atoms with Crippen LogP contribution in [-0.4, -0.2) is 44.7 Å². The fraction of sp³-hybridized carbons (Fsp3) is 0.471. The average molecular weight is 484 g/mol. The molecule has 0 aromatic heterocycles. The zero-order valence-corrected chi connectivity index (χ0v) is 17.9. The number of hydrogen-bond acceptors (Lipinski definition) is 2. The molecular weight excluding hydrogens is 460 g/mol. The number of ether oxygens (including phenoxy) is 1. The van der Waals surface area contributed by atoms with Crippen LogP contribution in [0.25, 0.3) is 0 Å². The molecule has 1 aliphatic rings. The second-order valence-corrected chi connectivity index (χ2v) is 6.33. The zero-order chi connectivity index (χ0) is 16.7. The number of halogens is 3. The van der Waals surface area contributed by atoms with Gasteiger partial charge in [0.1, 0.15) is 0 Å². The van der Waals surface area contributed by atoms with Crippen molar-refractivity contribution >= 4 is 53.1 Å². The van der Waals surface area contributed by atoms with Crippen molar-refractivity contribution in [1.29, 1.82) is 0 Å². The van der Waals surface area contributed by atoms with E-state index in [2.05, 4.69) is 21.3 Å². The minimum atomic E-state index is 0. The van der Waals surface area contributed by atoms with Crippen LogP contribution < -0.4 is 5.32 Å². The first-order valence-electron chi connectivity index (χ1n) is 7.71. The van der Waals surface area contributed by atoms with Crippen molar-refractivity contribution in [2.75, 3.05) is 33.9 Å². The Kier molecular flexibility index (Phi) is 10.0. The van der Waals surface area contributed by atoms with Gasteiger partial charge in [-0.15, -0.1) is 24.0 Å². The molecule has 1 aromatic rings. The fourth-order valence-electron chi connectivity index (χ4n) is 2.50. The first-order chi connectivity index (χ1) is 11.1. The topological polar surface area (TPSA) is 36.9 Å². The lowest BCUT2D eigenvalue weighted by atomic mass is 10.1. The molecule has 2 rings (SSSR count). The van der Waals surface area contributed by atoms with Gasteiger partial charge in [-0.3, -0.25) is 4.99 Å². The fourth-order valence-corrected chi connectivity index (χ4v) is 2.82. The SMILES string of the molecule is CN=C(NCCC1=CCOCC1)N(C)Cc1ccc(Cl)c(Cl)c1.I. The van der Waals surface area contributed by atoms with Gasteiger partial charge in [-0.2, -0.15) is 0 Å². The van der Waals surface area contributed by atoms with Gasteiger partial charge in [0, 0.05) is 27.2 Å². The molecule has 0 saturated heterocycles. The van der Waals surface area contributed by atoms with E-state index in [1.807, 2.05) is 25.2 Å². The minimum Gasteiger partial charge on any atom is -0.377 e. The highest BCUT2D eigenvalue weighted by atomic mass is 127. The largest absolute Gasteiger partial charge is 0.377 e. The summed E-state index contributed by atoms with van der Waals surface area (Å²) in [6.07, 6.45) is 4.22. The molecular formula is C17H24Cl2IN3O. The second kappa shape index (κ2) is 11.2. The molecule has 134 valence electrons. The molecule has 0 bridgehead atoms. The Hall–Kier alpha value is -0.500. The lowest BCUT2D eigenvalue weighted by molar-refractivity contribution is 0.153. The predicted molar refractivity (Wildman–Crippen MR) is 113 cm³/mol. The van der Waals surface area contributed by atoms with Crippen LogP contribution in [0.3, 0.4) is 0 Å². The molecule has 0 amide bonds. The standard InChI is InChI=1S/C17H23Cl2N3O.HI/c1-20-17(21-8-5-13-6-9-23-10-7-13)22(2)12-14-3-4-15(18)16(19)11-14;/h3-4,6,11H,5,7-10,12H2,1-2H3,(H,20,21);1H. The van der Waals surface area contributed by atoms with Gasteiger partial charge in [-0.25, -0.2) is 0 Å². The number of nitrogens with zero attached hydrogens (tertiary/aromatic N) is 2. The van der Waals surface area contributed by atoms with Gasteiger partial charge < -0.3 is 15.0 Å². The van der Waals surface area contributed by atoms with Crippen LogP contribution in [0.4, 0.5) is 0 Å². The molecule has 0 fully saturated rings. The van der Waals surface area contributed by atoms with E-state index in [0.717, 1.165) is 44.1 Å². The van der Waals surface area contributed by atoms with Gasteiger partial charge in [0.15, 0.2) is 5.96 Å². The quantitative estimate of drug-likeness (QED) is 0.292. The summed E-state index contributed by atoms with van der Waals surface area (Å²) < 4.78 is 5.32. The molecule has 0 aliphatic carbocycles.